The SMILES string of the molecule is CC=CC1C(C)=c2c(ccc3c2=COc2ccccc2-3)NC1(C)C. The van der Waals surface area contributed by atoms with Gasteiger partial charge in [0.05, 0.1) is 6.26 Å². The van der Waals surface area contributed by atoms with Crippen molar-refractivity contribution >= 4 is 17.5 Å². The molecule has 0 radical (unpaired) electrons. The van der Waals surface area contributed by atoms with Crippen molar-refractivity contribution in [3.8, 4) is 16.9 Å². The molecule has 0 saturated carbocycles. The van der Waals surface area contributed by atoms with Crippen LogP contribution in [0.5, 0.6) is 5.75 Å². The van der Waals surface area contributed by atoms with Gasteiger partial charge in [0.25, 0.3) is 0 Å². The van der Waals surface area contributed by atoms with E-state index in [1.54, 1.807) is 0 Å². The van der Waals surface area contributed by atoms with Crippen LogP contribution in [0.2, 0.25) is 0 Å². The smallest absolute Gasteiger partial charge is 0.134 e. The monoisotopic (exact) mass is 317 g/mol. The standard InChI is InChI=1S/C22H23NO/c1-5-8-18-14(2)21-17-13-24-20-10-7-6-9-16(20)15(17)11-12-19(21)23-22(18,3)4/h5-13,18,23H,1-4H3. The van der Waals surface area contributed by atoms with E-state index < -0.39 is 0 Å². The van der Waals surface area contributed by atoms with Gasteiger partial charge in [-0.3, -0.25) is 0 Å². The first kappa shape index (κ1) is 15.1. The molecule has 1 N–H and O–H groups in total. The molecule has 0 spiro atoms. The van der Waals surface area contributed by atoms with Gasteiger partial charge in [0.15, 0.2) is 0 Å². The second-order valence-electron chi connectivity index (χ2n) is 7.21. The summed E-state index contributed by atoms with van der Waals surface area (Å²) in [5.74, 6) is 1.28. The molecule has 0 aromatic heterocycles. The third-order valence-electron chi connectivity index (χ3n) is 5.21. The van der Waals surface area contributed by atoms with E-state index in [9.17, 15) is 0 Å². The zero-order chi connectivity index (χ0) is 16.9. The number of hydrogen-bond donors (Lipinski definition) is 1. The Kier molecular flexibility index (Phi) is 3.31. The Bertz CT molecular complexity index is 966. The number of hydrogen-bond acceptors (Lipinski definition) is 2. The lowest BCUT2D eigenvalue weighted by atomic mass is 9.77. The van der Waals surface area contributed by atoms with Gasteiger partial charge >= 0.3 is 0 Å². The fraction of sp³-hybridized carbons (Fsp3) is 0.273. The Balaban J connectivity index is 2.06. The maximum atomic E-state index is 5.93. The van der Waals surface area contributed by atoms with Gasteiger partial charge in [-0.25, -0.2) is 0 Å². The van der Waals surface area contributed by atoms with E-state index in [4.69, 9.17) is 4.74 Å². The summed E-state index contributed by atoms with van der Waals surface area (Å²) in [5.41, 5.74) is 4.98. The number of allylic oxidation sites excluding steroid dienone is 1. The number of ether oxygens (including phenoxy) is 1. The lowest BCUT2D eigenvalue weighted by molar-refractivity contribution is 0.482. The fourth-order valence-electron chi connectivity index (χ4n) is 4.12. The van der Waals surface area contributed by atoms with Crippen LogP contribution in [0.15, 0.2) is 48.6 Å². The van der Waals surface area contributed by atoms with E-state index in [0.29, 0.717) is 5.92 Å². The molecule has 0 aliphatic carbocycles. The molecular weight excluding hydrogens is 294 g/mol. The number of para-hydroxylation sites is 1. The van der Waals surface area contributed by atoms with E-state index in [-0.39, 0.29) is 5.54 Å². The van der Waals surface area contributed by atoms with Gasteiger partial charge < -0.3 is 10.1 Å². The van der Waals surface area contributed by atoms with Gasteiger partial charge in [-0.05, 0) is 45.4 Å². The van der Waals surface area contributed by atoms with Crippen molar-refractivity contribution < 1.29 is 4.74 Å². The Morgan fingerprint density at radius 1 is 1.08 bits per heavy atom. The predicted octanol–water partition coefficient (Wildman–Crippen LogP) is 4.05. The largest absolute Gasteiger partial charge is 0.464 e. The Morgan fingerprint density at radius 2 is 1.88 bits per heavy atom. The summed E-state index contributed by atoms with van der Waals surface area (Å²) in [6.45, 7) is 8.86. The van der Waals surface area contributed by atoms with Crippen molar-refractivity contribution in [3.63, 3.8) is 0 Å². The highest BCUT2D eigenvalue weighted by molar-refractivity contribution is 5.78. The van der Waals surface area contributed by atoms with Gasteiger partial charge in [-0.1, -0.05) is 42.0 Å². The molecule has 2 aliphatic rings. The van der Waals surface area contributed by atoms with E-state index in [1.807, 2.05) is 18.4 Å². The van der Waals surface area contributed by atoms with Crippen molar-refractivity contribution in [1.82, 2.24) is 0 Å². The molecule has 0 bridgehead atoms. The summed E-state index contributed by atoms with van der Waals surface area (Å²) in [7, 11) is 0. The first-order chi connectivity index (χ1) is 11.5. The van der Waals surface area contributed by atoms with Crippen molar-refractivity contribution in [2.24, 2.45) is 5.92 Å². The average molecular weight is 317 g/mol. The molecule has 2 aromatic rings. The number of rotatable bonds is 1. The number of nitrogens with one attached hydrogen (secondary N) is 1. The van der Waals surface area contributed by atoms with Crippen LogP contribution in [0.3, 0.4) is 0 Å². The van der Waals surface area contributed by atoms with Crippen molar-refractivity contribution in [1.29, 1.82) is 0 Å². The molecule has 2 nitrogen and oxygen atoms in total. The average Bonchev–Trinajstić information content (AvgIpc) is 2.57. The molecule has 1 unspecified atom stereocenters. The maximum Gasteiger partial charge on any atom is 0.134 e. The maximum absolute atomic E-state index is 5.93. The quantitative estimate of drug-likeness (QED) is 0.801. The normalized spacial score (nSPS) is 20.3. The van der Waals surface area contributed by atoms with Crippen LogP contribution in [-0.2, 0) is 0 Å². The number of fused-ring (bicyclic) bond motifs is 5. The molecule has 24 heavy (non-hydrogen) atoms. The molecule has 0 saturated heterocycles. The van der Waals surface area contributed by atoms with Crippen LogP contribution >= 0.6 is 0 Å². The van der Waals surface area contributed by atoms with Crippen molar-refractivity contribution in [3.05, 3.63) is 59.0 Å². The molecular formula is C22H23NO. The molecule has 2 heteroatoms. The molecule has 4 rings (SSSR count). The third-order valence-corrected chi connectivity index (χ3v) is 5.21. The van der Waals surface area contributed by atoms with E-state index >= 15 is 0 Å². The highest BCUT2D eigenvalue weighted by Crippen LogP contribution is 2.35. The highest BCUT2D eigenvalue weighted by atomic mass is 16.5. The molecule has 2 aliphatic heterocycles. The summed E-state index contributed by atoms with van der Waals surface area (Å²) in [6, 6.07) is 12.7. The molecule has 2 heterocycles. The lowest BCUT2D eigenvalue weighted by Gasteiger charge is -2.39. The van der Waals surface area contributed by atoms with Crippen LogP contribution in [-0.4, -0.2) is 5.54 Å². The first-order valence-corrected chi connectivity index (χ1v) is 8.54. The topological polar surface area (TPSA) is 21.3 Å². The van der Waals surface area contributed by atoms with Crippen LogP contribution in [0.1, 0.15) is 27.7 Å². The number of anilines is 1. The van der Waals surface area contributed by atoms with Crippen molar-refractivity contribution in [2.45, 2.75) is 33.2 Å². The first-order valence-electron chi connectivity index (χ1n) is 8.54. The summed E-state index contributed by atoms with van der Waals surface area (Å²) in [4.78, 5) is 0. The van der Waals surface area contributed by atoms with Gasteiger partial charge in [0.1, 0.15) is 5.75 Å². The summed E-state index contributed by atoms with van der Waals surface area (Å²) >= 11 is 0. The van der Waals surface area contributed by atoms with Crippen LogP contribution in [0.25, 0.3) is 23.0 Å². The molecule has 2 aromatic carbocycles. The molecule has 122 valence electrons. The summed E-state index contributed by atoms with van der Waals surface area (Å²) < 4.78 is 5.93. The highest BCUT2D eigenvalue weighted by Gasteiger charge is 2.33. The Hall–Kier alpha value is -2.48. The Morgan fingerprint density at radius 3 is 2.67 bits per heavy atom. The zero-order valence-electron chi connectivity index (χ0n) is 14.7. The van der Waals surface area contributed by atoms with Crippen molar-refractivity contribution in [2.75, 3.05) is 5.32 Å². The summed E-state index contributed by atoms with van der Waals surface area (Å²) in [6.07, 6.45) is 6.35. The van der Waals surface area contributed by atoms with Crippen LogP contribution in [0.4, 0.5) is 5.69 Å². The summed E-state index contributed by atoms with van der Waals surface area (Å²) in [5, 5.41) is 6.19. The lowest BCUT2D eigenvalue weighted by Crippen LogP contribution is -2.49. The van der Waals surface area contributed by atoms with Crippen LogP contribution < -0.4 is 20.5 Å². The molecule has 1 atom stereocenters. The second-order valence-corrected chi connectivity index (χ2v) is 7.21. The second kappa shape index (κ2) is 5.27. The van der Waals surface area contributed by atoms with E-state index in [0.717, 1.165) is 11.3 Å². The van der Waals surface area contributed by atoms with E-state index in [2.05, 4.69) is 69.4 Å². The predicted molar refractivity (Wildman–Crippen MR) is 101 cm³/mol. The van der Waals surface area contributed by atoms with Gasteiger partial charge in [0.2, 0.25) is 0 Å². The zero-order valence-corrected chi connectivity index (χ0v) is 14.7. The third kappa shape index (κ3) is 2.10. The van der Waals surface area contributed by atoms with E-state index in [1.165, 1.54) is 27.3 Å². The van der Waals surface area contributed by atoms with Gasteiger partial charge in [-0.2, -0.15) is 0 Å². The fourth-order valence-corrected chi connectivity index (χ4v) is 4.12. The van der Waals surface area contributed by atoms with Crippen LogP contribution in [0, 0.1) is 5.92 Å². The minimum Gasteiger partial charge on any atom is -0.464 e. The number of benzene rings is 2. The Labute approximate surface area is 143 Å². The molecule has 0 amide bonds. The molecule has 0 fully saturated rings. The van der Waals surface area contributed by atoms with Gasteiger partial charge in [0, 0.05) is 33.1 Å². The minimum atomic E-state index is -0.00867. The minimum absolute atomic E-state index is 0.00867. The van der Waals surface area contributed by atoms with Gasteiger partial charge in [-0.15, -0.1) is 0 Å².